The number of benzene rings is 2. The average Bonchev–Trinajstić information content (AvgIpc) is 2.56. The summed E-state index contributed by atoms with van der Waals surface area (Å²) in [7, 11) is 0. The van der Waals surface area contributed by atoms with Gasteiger partial charge in [-0.3, -0.25) is 0 Å². The largest absolute Gasteiger partial charge is 0.488 e. The molecule has 0 aliphatic heterocycles. The van der Waals surface area contributed by atoms with Crippen molar-refractivity contribution in [2.24, 2.45) is 0 Å². The summed E-state index contributed by atoms with van der Waals surface area (Å²) in [6.45, 7) is 6.36. The number of hydrogen-bond donors (Lipinski definition) is 0. The van der Waals surface area contributed by atoms with Gasteiger partial charge in [-0.25, -0.2) is 4.79 Å². The van der Waals surface area contributed by atoms with Crippen molar-refractivity contribution >= 4 is 11.0 Å². The van der Waals surface area contributed by atoms with Gasteiger partial charge in [-0.15, -0.1) is 0 Å². The molecule has 0 saturated carbocycles. The van der Waals surface area contributed by atoms with Gasteiger partial charge in [0.2, 0.25) is 0 Å². The molecule has 0 aliphatic carbocycles. The van der Waals surface area contributed by atoms with E-state index in [-0.39, 0.29) is 5.63 Å². The minimum Gasteiger partial charge on any atom is -0.488 e. The fraction of sp³-hybridized carbons (Fsp3) is 0.250. The van der Waals surface area contributed by atoms with Crippen molar-refractivity contribution in [1.82, 2.24) is 0 Å². The van der Waals surface area contributed by atoms with Crippen LogP contribution in [-0.2, 0) is 13.0 Å². The molecule has 0 amide bonds. The standard InChI is InChI=1S/C20H20O3/c1-4-16-13(2)17-10-11-18(14(3)19(17)23-20(16)21)22-12-15-8-6-5-7-9-15/h5-11H,4,12H2,1-3H3. The Balaban J connectivity index is 2.00. The minimum atomic E-state index is -0.249. The zero-order valence-corrected chi connectivity index (χ0v) is 13.7. The predicted molar refractivity (Wildman–Crippen MR) is 92.1 cm³/mol. The number of hydrogen-bond acceptors (Lipinski definition) is 3. The highest BCUT2D eigenvalue weighted by Crippen LogP contribution is 2.29. The van der Waals surface area contributed by atoms with Crippen LogP contribution in [0.25, 0.3) is 11.0 Å². The third kappa shape index (κ3) is 2.87. The first-order chi connectivity index (χ1) is 11.1. The lowest BCUT2D eigenvalue weighted by Crippen LogP contribution is -2.09. The molecule has 3 heteroatoms. The fourth-order valence-electron chi connectivity index (χ4n) is 2.87. The fourth-order valence-corrected chi connectivity index (χ4v) is 2.87. The quantitative estimate of drug-likeness (QED) is 0.664. The van der Waals surface area contributed by atoms with Crippen LogP contribution in [0.5, 0.6) is 5.75 Å². The van der Waals surface area contributed by atoms with Gasteiger partial charge in [0.15, 0.2) is 0 Å². The number of fused-ring (bicyclic) bond motifs is 1. The van der Waals surface area contributed by atoms with Crippen LogP contribution in [0.4, 0.5) is 0 Å². The van der Waals surface area contributed by atoms with E-state index in [9.17, 15) is 4.79 Å². The topological polar surface area (TPSA) is 39.4 Å². The summed E-state index contributed by atoms with van der Waals surface area (Å²) in [6, 6.07) is 13.9. The summed E-state index contributed by atoms with van der Waals surface area (Å²) in [5.74, 6) is 0.744. The van der Waals surface area contributed by atoms with Crippen LogP contribution < -0.4 is 10.4 Å². The van der Waals surface area contributed by atoms with E-state index in [4.69, 9.17) is 9.15 Å². The molecule has 3 aromatic rings. The lowest BCUT2D eigenvalue weighted by atomic mass is 10.0. The molecule has 0 N–H and O–H groups in total. The van der Waals surface area contributed by atoms with Gasteiger partial charge in [-0.2, -0.15) is 0 Å². The predicted octanol–water partition coefficient (Wildman–Crippen LogP) is 4.55. The van der Waals surface area contributed by atoms with Crippen LogP contribution in [-0.4, -0.2) is 0 Å². The molecule has 2 aromatic carbocycles. The first kappa shape index (κ1) is 15.3. The minimum absolute atomic E-state index is 0.249. The lowest BCUT2D eigenvalue weighted by Gasteiger charge is -2.13. The lowest BCUT2D eigenvalue weighted by molar-refractivity contribution is 0.304. The summed E-state index contributed by atoms with van der Waals surface area (Å²) >= 11 is 0. The smallest absolute Gasteiger partial charge is 0.339 e. The molecular weight excluding hydrogens is 288 g/mol. The van der Waals surface area contributed by atoms with E-state index in [1.807, 2.05) is 63.2 Å². The van der Waals surface area contributed by atoms with E-state index < -0.39 is 0 Å². The third-order valence-corrected chi connectivity index (χ3v) is 4.24. The maximum Gasteiger partial charge on any atom is 0.339 e. The molecule has 0 radical (unpaired) electrons. The van der Waals surface area contributed by atoms with Crippen molar-refractivity contribution < 1.29 is 9.15 Å². The second-order valence-electron chi connectivity index (χ2n) is 5.69. The summed E-state index contributed by atoms with van der Waals surface area (Å²) in [4.78, 5) is 12.1. The second-order valence-corrected chi connectivity index (χ2v) is 5.69. The molecule has 1 heterocycles. The highest BCUT2D eigenvalue weighted by molar-refractivity contribution is 5.85. The molecule has 0 unspecified atom stereocenters. The van der Waals surface area contributed by atoms with E-state index in [1.165, 1.54) is 0 Å². The maximum absolute atomic E-state index is 12.1. The molecule has 0 bridgehead atoms. The van der Waals surface area contributed by atoms with E-state index >= 15 is 0 Å². The molecule has 0 spiro atoms. The van der Waals surface area contributed by atoms with Crippen molar-refractivity contribution in [2.45, 2.75) is 33.8 Å². The van der Waals surface area contributed by atoms with Crippen LogP contribution in [0.15, 0.2) is 51.7 Å². The third-order valence-electron chi connectivity index (χ3n) is 4.24. The Morgan fingerprint density at radius 2 is 1.74 bits per heavy atom. The Morgan fingerprint density at radius 3 is 2.43 bits per heavy atom. The summed E-state index contributed by atoms with van der Waals surface area (Å²) in [5.41, 5.74) is 4.08. The highest BCUT2D eigenvalue weighted by Gasteiger charge is 2.14. The van der Waals surface area contributed by atoms with E-state index in [1.54, 1.807) is 0 Å². The first-order valence-corrected chi connectivity index (χ1v) is 7.84. The van der Waals surface area contributed by atoms with Gasteiger partial charge in [-0.05, 0) is 43.5 Å². The first-order valence-electron chi connectivity index (χ1n) is 7.84. The van der Waals surface area contributed by atoms with Crippen molar-refractivity contribution in [3.8, 4) is 5.75 Å². The van der Waals surface area contributed by atoms with Crippen molar-refractivity contribution in [3.63, 3.8) is 0 Å². The van der Waals surface area contributed by atoms with Crippen molar-refractivity contribution in [2.75, 3.05) is 0 Å². The van der Waals surface area contributed by atoms with Gasteiger partial charge in [0, 0.05) is 16.5 Å². The molecule has 0 aliphatic rings. The molecule has 0 fully saturated rings. The van der Waals surface area contributed by atoms with Gasteiger partial charge in [0.1, 0.15) is 17.9 Å². The van der Waals surface area contributed by atoms with Gasteiger partial charge < -0.3 is 9.15 Å². The monoisotopic (exact) mass is 308 g/mol. The Hall–Kier alpha value is -2.55. The average molecular weight is 308 g/mol. The molecular formula is C20H20O3. The molecule has 0 atom stereocenters. The molecule has 118 valence electrons. The highest BCUT2D eigenvalue weighted by atomic mass is 16.5. The van der Waals surface area contributed by atoms with Crippen LogP contribution in [0, 0.1) is 13.8 Å². The number of aryl methyl sites for hydroxylation is 2. The van der Waals surface area contributed by atoms with Gasteiger partial charge >= 0.3 is 5.63 Å². The van der Waals surface area contributed by atoms with Crippen LogP contribution in [0.1, 0.15) is 29.2 Å². The number of ether oxygens (including phenoxy) is 1. The Morgan fingerprint density at radius 1 is 1.00 bits per heavy atom. The second kappa shape index (κ2) is 6.29. The zero-order chi connectivity index (χ0) is 16.4. The van der Waals surface area contributed by atoms with E-state index in [0.29, 0.717) is 18.6 Å². The normalized spacial score (nSPS) is 10.9. The van der Waals surface area contributed by atoms with Crippen molar-refractivity contribution in [1.29, 1.82) is 0 Å². The summed E-state index contributed by atoms with van der Waals surface area (Å²) < 4.78 is 11.5. The van der Waals surface area contributed by atoms with Crippen LogP contribution >= 0.6 is 0 Å². The Bertz CT molecular complexity index is 892. The van der Waals surface area contributed by atoms with Gasteiger partial charge in [0.05, 0.1) is 0 Å². The Labute approximate surface area is 135 Å². The number of rotatable bonds is 4. The van der Waals surface area contributed by atoms with Gasteiger partial charge in [-0.1, -0.05) is 37.3 Å². The zero-order valence-electron chi connectivity index (χ0n) is 13.7. The summed E-state index contributed by atoms with van der Waals surface area (Å²) in [5, 5.41) is 0.978. The van der Waals surface area contributed by atoms with Crippen LogP contribution in [0.2, 0.25) is 0 Å². The molecule has 3 nitrogen and oxygen atoms in total. The van der Waals surface area contributed by atoms with E-state index in [0.717, 1.165) is 33.4 Å². The summed E-state index contributed by atoms with van der Waals surface area (Å²) in [6.07, 6.45) is 0.676. The molecule has 0 saturated heterocycles. The van der Waals surface area contributed by atoms with Gasteiger partial charge in [0.25, 0.3) is 0 Å². The maximum atomic E-state index is 12.1. The Kier molecular flexibility index (Phi) is 4.20. The SMILES string of the molecule is CCc1c(C)c2ccc(OCc3ccccc3)c(C)c2oc1=O. The molecule has 1 aromatic heterocycles. The molecule has 23 heavy (non-hydrogen) atoms. The van der Waals surface area contributed by atoms with Crippen molar-refractivity contribution in [3.05, 3.63) is 75.1 Å². The van der Waals surface area contributed by atoms with E-state index in [2.05, 4.69) is 0 Å². The van der Waals surface area contributed by atoms with Crippen LogP contribution in [0.3, 0.4) is 0 Å². The molecule has 3 rings (SSSR count).